The van der Waals surface area contributed by atoms with Crippen LogP contribution >= 0.6 is 0 Å². The zero-order valence-electron chi connectivity index (χ0n) is 10.6. The zero-order chi connectivity index (χ0) is 11.5. The third-order valence-corrected chi connectivity index (χ3v) is 4.59. The summed E-state index contributed by atoms with van der Waals surface area (Å²) in [7, 11) is 0. The number of piperidine rings is 1. The van der Waals surface area contributed by atoms with Crippen LogP contribution in [0.4, 0.5) is 0 Å². The third-order valence-electron chi connectivity index (χ3n) is 4.59. The Morgan fingerprint density at radius 3 is 2.59 bits per heavy atom. The predicted octanol–water partition coefficient (Wildman–Crippen LogP) is 3.84. The van der Waals surface area contributed by atoms with Crippen molar-refractivity contribution in [3.63, 3.8) is 0 Å². The Morgan fingerprint density at radius 1 is 0.941 bits per heavy atom. The van der Waals surface area contributed by atoms with E-state index in [-0.39, 0.29) is 0 Å². The highest BCUT2D eigenvalue weighted by molar-refractivity contribution is 5.14. The minimum Gasteiger partial charge on any atom is -0.296 e. The standard InChI is InChI=1S/C16H23N/c1-2-7-14(8-3-1)13-17-12-6-10-15-9-4-5-11-16(15)17/h1-3,7-8,15-16H,4-6,9-13H2/t15-,16+/m0/s1. The van der Waals surface area contributed by atoms with Gasteiger partial charge in [0, 0.05) is 12.6 Å². The molecule has 17 heavy (non-hydrogen) atoms. The molecule has 1 saturated carbocycles. The molecule has 0 N–H and O–H groups in total. The van der Waals surface area contributed by atoms with Gasteiger partial charge < -0.3 is 0 Å². The third kappa shape index (κ3) is 2.55. The van der Waals surface area contributed by atoms with Crippen molar-refractivity contribution < 1.29 is 0 Å². The van der Waals surface area contributed by atoms with Crippen molar-refractivity contribution >= 4 is 0 Å². The average molecular weight is 229 g/mol. The summed E-state index contributed by atoms with van der Waals surface area (Å²) in [5.74, 6) is 1.00. The molecule has 0 unspecified atom stereocenters. The number of likely N-dealkylation sites (tertiary alicyclic amines) is 1. The van der Waals surface area contributed by atoms with Crippen molar-refractivity contribution in [1.82, 2.24) is 4.90 Å². The lowest BCUT2D eigenvalue weighted by molar-refractivity contribution is 0.0547. The van der Waals surface area contributed by atoms with E-state index in [2.05, 4.69) is 35.2 Å². The second-order valence-corrected chi connectivity index (χ2v) is 5.71. The van der Waals surface area contributed by atoms with Crippen molar-refractivity contribution in [2.24, 2.45) is 5.92 Å². The first-order chi connectivity index (χ1) is 8.43. The number of benzene rings is 1. The zero-order valence-corrected chi connectivity index (χ0v) is 10.6. The second-order valence-electron chi connectivity index (χ2n) is 5.71. The summed E-state index contributed by atoms with van der Waals surface area (Å²) >= 11 is 0. The summed E-state index contributed by atoms with van der Waals surface area (Å²) in [4.78, 5) is 2.75. The molecule has 1 heteroatoms. The molecule has 1 aliphatic heterocycles. The molecule has 1 nitrogen and oxygen atoms in total. The van der Waals surface area contributed by atoms with Gasteiger partial charge in [-0.25, -0.2) is 0 Å². The molecule has 1 aromatic rings. The molecule has 0 aromatic heterocycles. The first-order valence-electron chi connectivity index (χ1n) is 7.21. The highest BCUT2D eigenvalue weighted by Gasteiger charge is 2.32. The van der Waals surface area contributed by atoms with Gasteiger partial charge in [-0.2, -0.15) is 0 Å². The molecule has 0 spiro atoms. The van der Waals surface area contributed by atoms with Gasteiger partial charge >= 0.3 is 0 Å². The lowest BCUT2D eigenvalue weighted by atomic mass is 9.78. The van der Waals surface area contributed by atoms with Crippen LogP contribution in [0.15, 0.2) is 30.3 Å². The lowest BCUT2D eigenvalue weighted by Gasteiger charge is -2.44. The van der Waals surface area contributed by atoms with E-state index in [0.717, 1.165) is 12.0 Å². The van der Waals surface area contributed by atoms with Gasteiger partial charge in [-0.15, -0.1) is 0 Å². The van der Waals surface area contributed by atoms with Gasteiger partial charge in [0.15, 0.2) is 0 Å². The Hall–Kier alpha value is -0.820. The second kappa shape index (κ2) is 5.22. The van der Waals surface area contributed by atoms with Crippen LogP contribution in [0, 0.1) is 5.92 Å². The summed E-state index contributed by atoms with van der Waals surface area (Å²) in [6.45, 7) is 2.48. The molecule has 2 fully saturated rings. The van der Waals surface area contributed by atoms with Gasteiger partial charge in [0.1, 0.15) is 0 Å². The highest BCUT2D eigenvalue weighted by Crippen LogP contribution is 2.35. The number of fused-ring (bicyclic) bond motifs is 1. The highest BCUT2D eigenvalue weighted by atomic mass is 15.2. The van der Waals surface area contributed by atoms with E-state index in [1.807, 2.05) is 0 Å². The molecule has 1 heterocycles. The van der Waals surface area contributed by atoms with E-state index in [4.69, 9.17) is 0 Å². The quantitative estimate of drug-likeness (QED) is 0.744. The Balaban J connectivity index is 1.69. The average Bonchev–Trinajstić information content (AvgIpc) is 2.40. The maximum Gasteiger partial charge on any atom is 0.0236 e. The summed E-state index contributed by atoms with van der Waals surface area (Å²) < 4.78 is 0. The molecular formula is C16H23N. The normalized spacial score (nSPS) is 29.9. The van der Waals surface area contributed by atoms with Gasteiger partial charge in [0.05, 0.1) is 0 Å². The van der Waals surface area contributed by atoms with E-state index < -0.39 is 0 Å². The molecule has 1 aliphatic carbocycles. The summed E-state index contributed by atoms with van der Waals surface area (Å²) in [5.41, 5.74) is 1.48. The topological polar surface area (TPSA) is 3.24 Å². The first kappa shape index (κ1) is 11.3. The Morgan fingerprint density at radius 2 is 1.71 bits per heavy atom. The van der Waals surface area contributed by atoms with Crippen LogP contribution in [0.3, 0.4) is 0 Å². The van der Waals surface area contributed by atoms with Crippen LogP contribution in [-0.4, -0.2) is 17.5 Å². The molecule has 2 aliphatic rings. The lowest BCUT2D eigenvalue weighted by Crippen LogP contribution is -2.46. The fourth-order valence-electron chi connectivity index (χ4n) is 3.74. The van der Waals surface area contributed by atoms with E-state index in [1.165, 1.54) is 57.2 Å². The molecule has 1 aromatic carbocycles. The minimum absolute atomic E-state index is 0.887. The van der Waals surface area contributed by atoms with E-state index in [9.17, 15) is 0 Å². The van der Waals surface area contributed by atoms with E-state index in [1.54, 1.807) is 0 Å². The van der Waals surface area contributed by atoms with Crippen molar-refractivity contribution in [2.45, 2.75) is 51.1 Å². The number of hydrogen-bond acceptors (Lipinski definition) is 1. The summed E-state index contributed by atoms with van der Waals surface area (Å²) in [5, 5.41) is 0. The first-order valence-corrected chi connectivity index (χ1v) is 7.21. The minimum atomic E-state index is 0.887. The van der Waals surface area contributed by atoms with Crippen LogP contribution < -0.4 is 0 Å². The van der Waals surface area contributed by atoms with Crippen molar-refractivity contribution in [3.05, 3.63) is 35.9 Å². The van der Waals surface area contributed by atoms with Crippen molar-refractivity contribution in [3.8, 4) is 0 Å². The smallest absolute Gasteiger partial charge is 0.0236 e. The van der Waals surface area contributed by atoms with Crippen molar-refractivity contribution in [2.75, 3.05) is 6.54 Å². The maximum atomic E-state index is 2.75. The molecule has 0 radical (unpaired) electrons. The molecule has 0 bridgehead atoms. The van der Waals surface area contributed by atoms with Crippen molar-refractivity contribution in [1.29, 1.82) is 0 Å². The molecule has 92 valence electrons. The van der Waals surface area contributed by atoms with Gasteiger partial charge in [-0.1, -0.05) is 43.2 Å². The molecule has 2 atom stereocenters. The Kier molecular flexibility index (Phi) is 3.46. The largest absolute Gasteiger partial charge is 0.296 e. The van der Waals surface area contributed by atoms with Crippen LogP contribution in [0.2, 0.25) is 0 Å². The predicted molar refractivity (Wildman–Crippen MR) is 71.8 cm³/mol. The van der Waals surface area contributed by atoms with Crippen LogP contribution in [0.5, 0.6) is 0 Å². The molecule has 1 saturated heterocycles. The summed E-state index contributed by atoms with van der Waals surface area (Å²) in [6, 6.07) is 11.9. The fourth-order valence-corrected chi connectivity index (χ4v) is 3.74. The van der Waals surface area contributed by atoms with Gasteiger partial charge in [0.25, 0.3) is 0 Å². The van der Waals surface area contributed by atoms with Crippen LogP contribution in [0.25, 0.3) is 0 Å². The number of nitrogens with zero attached hydrogens (tertiary/aromatic N) is 1. The molecule has 0 amide bonds. The molecule has 3 rings (SSSR count). The Bertz CT molecular complexity index is 344. The monoisotopic (exact) mass is 229 g/mol. The van der Waals surface area contributed by atoms with Crippen LogP contribution in [-0.2, 0) is 6.54 Å². The number of rotatable bonds is 2. The van der Waals surface area contributed by atoms with E-state index in [0.29, 0.717) is 0 Å². The number of hydrogen-bond donors (Lipinski definition) is 0. The summed E-state index contributed by atoms with van der Waals surface area (Å²) in [6.07, 6.45) is 8.74. The van der Waals surface area contributed by atoms with E-state index >= 15 is 0 Å². The van der Waals surface area contributed by atoms with Crippen LogP contribution in [0.1, 0.15) is 44.1 Å². The fraction of sp³-hybridized carbons (Fsp3) is 0.625. The van der Waals surface area contributed by atoms with Gasteiger partial charge in [-0.05, 0) is 43.7 Å². The molecular weight excluding hydrogens is 206 g/mol. The Labute approximate surface area is 105 Å². The SMILES string of the molecule is c1ccc(CN2CCC[C@@H]3CCCC[C@H]32)cc1. The van der Waals surface area contributed by atoms with Gasteiger partial charge in [0.2, 0.25) is 0 Å². The van der Waals surface area contributed by atoms with Gasteiger partial charge in [-0.3, -0.25) is 4.90 Å². The maximum absolute atomic E-state index is 2.75.